The number of hydrogen-bond acceptors (Lipinski definition) is 4. The molecule has 1 atom stereocenters. The van der Waals surface area contributed by atoms with E-state index in [1.165, 1.54) is 24.4 Å². The number of alkyl halides is 3. The molecule has 9 heteroatoms. The van der Waals surface area contributed by atoms with Gasteiger partial charge in [-0.15, -0.1) is 0 Å². The van der Waals surface area contributed by atoms with Gasteiger partial charge in [0.25, 0.3) is 5.91 Å². The Morgan fingerprint density at radius 1 is 1.29 bits per heavy atom. The van der Waals surface area contributed by atoms with Crippen LogP contribution >= 0.6 is 11.6 Å². The number of carbonyl (C=O) groups excluding carboxylic acids is 2. The highest BCUT2D eigenvalue weighted by Crippen LogP contribution is 2.30. The maximum Gasteiger partial charge on any atom is 0.448 e. The Balaban J connectivity index is 3.04. The number of esters is 1. The fourth-order valence-corrected chi connectivity index (χ4v) is 1.44. The minimum Gasteiger partial charge on any atom is -0.462 e. The number of nitrogens with one attached hydrogen (secondary N) is 1. The van der Waals surface area contributed by atoms with Crippen molar-refractivity contribution in [3.05, 3.63) is 34.9 Å². The van der Waals surface area contributed by atoms with E-state index in [-0.39, 0.29) is 10.6 Å². The zero-order valence-electron chi connectivity index (χ0n) is 10.7. The molecular formula is C12H11ClF3NO4. The van der Waals surface area contributed by atoms with Crippen molar-refractivity contribution >= 4 is 23.5 Å². The van der Waals surface area contributed by atoms with Gasteiger partial charge in [-0.25, -0.2) is 4.79 Å². The van der Waals surface area contributed by atoms with Crippen molar-refractivity contribution < 1.29 is 32.6 Å². The molecule has 0 aliphatic carbocycles. The van der Waals surface area contributed by atoms with Crippen molar-refractivity contribution in [2.45, 2.75) is 18.8 Å². The largest absolute Gasteiger partial charge is 0.462 e. The summed E-state index contributed by atoms with van der Waals surface area (Å²) in [7, 11) is 0. The van der Waals surface area contributed by atoms with E-state index >= 15 is 0 Å². The van der Waals surface area contributed by atoms with Gasteiger partial charge in [0.1, 0.15) is 0 Å². The van der Waals surface area contributed by atoms with E-state index in [9.17, 15) is 27.9 Å². The molecule has 0 aliphatic rings. The van der Waals surface area contributed by atoms with Crippen molar-refractivity contribution in [2.75, 3.05) is 6.61 Å². The van der Waals surface area contributed by atoms with Crippen molar-refractivity contribution in [1.29, 1.82) is 0 Å². The maximum atomic E-state index is 12.8. The third-order valence-corrected chi connectivity index (χ3v) is 2.63. The van der Waals surface area contributed by atoms with E-state index in [1.54, 1.807) is 0 Å². The monoisotopic (exact) mass is 325 g/mol. The number of halogens is 4. The summed E-state index contributed by atoms with van der Waals surface area (Å²) in [6, 6.07) is 4.82. The minimum atomic E-state index is -5.44. The van der Waals surface area contributed by atoms with Crippen LogP contribution in [0.4, 0.5) is 13.2 Å². The lowest BCUT2D eigenvalue weighted by molar-refractivity contribution is -0.269. The summed E-state index contributed by atoms with van der Waals surface area (Å²) >= 11 is 5.58. The van der Waals surface area contributed by atoms with Gasteiger partial charge in [-0.1, -0.05) is 11.6 Å². The van der Waals surface area contributed by atoms with E-state index in [2.05, 4.69) is 4.74 Å². The molecular weight excluding hydrogens is 315 g/mol. The van der Waals surface area contributed by atoms with Crippen LogP contribution in [0.2, 0.25) is 5.02 Å². The summed E-state index contributed by atoms with van der Waals surface area (Å²) in [5, 5.41) is 11.0. The first kappa shape index (κ1) is 17.3. The molecule has 21 heavy (non-hydrogen) atoms. The van der Waals surface area contributed by atoms with Crippen LogP contribution in [0.25, 0.3) is 0 Å². The highest BCUT2D eigenvalue weighted by atomic mass is 35.5. The summed E-state index contributed by atoms with van der Waals surface area (Å²) < 4.78 is 42.6. The number of rotatable bonds is 4. The summed E-state index contributed by atoms with van der Waals surface area (Å²) in [6.45, 7) is 0.865. The van der Waals surface area contributed by atoms with E-state index in [0.717, 1.165) is 12.1 Å². The second-order valence-electron chi connectivity index (χ2n) is 3.89. The van der Waals surface area contributed by atoms with Crippen molar-refractivity contribution in [3.63, 3.8) is 0 Å². The van der Waals surface area contributed by atoms with Crippen molar-refractivity contribution in [1.82, 2.24) is 5.32 Å². The number of hydrogen-bond donors (Lipinski definition) is 2. The molecule has 5 nitrogen and oxygen atoms in total. The first-order chi connectivity index (χ1) is 9.61. The Morgan fingerprint density at radius 3 is 2.24 bits per heavy atom. The molecule has 1 rings (SSSR count). The molecule has 0 saturated heterocycles. The van der Waals surface area contributed by atoms with Gasteiger partial charge in [0, 0.05) is 10.6 Å². The first-order valence-corrected chi connectivity index (χ1v) is 6.04. The predicted molar refractivity (Wildman–Crippen MR) is 66.6 cm³/mol. The van der Waals surface area contributed by atoms with Gasteiger partial charge in [0.2, 0.25) is 0 Å². The lowest BCUT2D eigenvalue weighted by Crippen LogP contribution is -2.64. The molecule has 1 unspecified atom stereocenters. The number of amides is 1. The molecule has 2 N–H and O–H groups in total. The second kappa shape index (κ2) is 6.31. The predicted octanol–water partition coefficient (Wildman–Crippen LogP) is 1.88. The zero-order valence-corrected chi connectivity index (χ0v) is 11.5. The normalized spacial score (nSPS) is 14.2. The van der Waals surface area contributed by atoms with Crippen LogP contribution in [-0.2, 0) is 9.53 Å². The Labute approximate surface area is 122 Å². The van der Waals surface area contributed by atoms with E-state index in [4.69, 9.17) is 11.6 Å². The zero-order chi connectivity index (χ0) is 16.3. The van der Waals surface area contributed by atoms with Crippen LogP contribution in [-0.4, -0.2) is 35.5 Å². The average molecular weight is 326 g/mol. The Bertz CT molecular complexity index is 532. The number of carbonyl (C=O) groups is 2. The highest BCUT2D eigenvalue weighted by Gasteiger charge is 2.62. The molecule has 0 saturated carbocycles. The molecule has 116 valence electrons. The third kappa shape index (κ3) is 3.85. The molecule has 1 aromatic rings. The Morgan fingerprint density at radius 2 is 1.81 bits per heavy atom. The minimum absolute atomic E-state index is 0.216. The summed E-state index contributed by atoms with van der Waals surface area (Å²) in [5.74, 6) is -3.32. The molecule has 1 amide bonds. The van der Waals surface area contributed by atoms with E-state index in [0.29, 0.717) is 0 Å². The lowest BCUT2D eigenvalue weighted by atomic mass is 10.1. The van der Waals surface area contributed by atoms with Gasteiger partial charge in [-0.3, -0.25) is 4.79 Å². The van der Waals surface area contributed by atoms with Gasteiger partial charge < -0.3 is 15.2 Å². The van der Waals surface area contributed by atoms with Crippen molar-refractivity contribution in [2.24, 2.45) is 0 Å². The van der Waals surface area contributed by atoms with E-state index in [1.807, 2.05) is 0 Å². The molecule has 0 fully saturated rings. The van der Waals surface area contributed by atoms with Crippen LogP contribution in [0, 0.1) is 0 Å². The molecule has 0 spiro atoms. The van der Waals surface area contributed by atoms with E-state index < -0.39 is 30.4 Å². The van der Waals surface area contributed by atoms with Crippen LogP contribution in [0.3, 0.4) is 0 Å². The Hall–Kier alpha value is -1.80. The summed E-state index contributed by atoms with van der Waals surface area (Å²) in [5.41, 5.74) is -4.34. The van der Waals surface area contributed by atoms with Crippen LogP contribution in [0.1, 0.15) is 17.3 Å². The molecule has 1 aromatic carbocycles. The molecule has 0 aliphatic heterocycles. The summed E-state index contributed by atoms with van der Waals surface area (Å²) in [6.07, 6.45) is -5.44. The second-order valence-corrected chi connectivity index (χ2v) is 4.33. The standard InChI is InChI=1S/C12H11ClF3NO4/c1-2-21-10(19)11(20,12(14,15)16)17-9(18)7-3-5-8(13)6-4-7/h3-6,20H,2H2,1H3,(H,17,18). The lowest BCUT2D eigenvalue weighted by Gasteiger charge is -2.28. The van der Waals surface area contributed by atoms with Gasteiger partial charge in [-0.05, 0) is 31.2 Å². The topological polar surface area (TPSA) is 75.6 Å². The molecule has 0 bridgehead atoms. The fraction of sp³-hybridized carbons (Fsp3) is 0.333. The van der Waals surface area contributed by atoms with Gasteiger partial charge >= 0.3 is 17.9 Å². The van der Waals surface area contributed by atoms with Gasteiger partial charge in [0.15, 0.2) is 0 Å². The smallest absolute Gasteiger partial charge is 0.448 e. The number of ether oxygens (including phenoxy) is 1. The SMILES string of the molecule is CCOC(=O)C(O)(NC(=O)c1ccc(Cl)cc1)C(F)(F)F. The fourth-order valence-electron chi connectivity index (χ4n) is 1.31. The van der Waals surface area contributed by atoms with Crippen molar-refractivity contribution in [3.8, 4) is 0 Å². The van der Waals surface area contributed by atoms with Crippen LogP contribution in [0.5, 0.6) is 0 Å². The summed E-state index contributed by atoms with van der Waals surface area (Å²) in [4.78, 5) is 23.0. The van der Waals surface area contributed by atoms with Gasteiger partial charge in [0.05, 0.1) is 6.61 Å². The average Bonchev–Trinajstić information content (AvgIpc) is 2.38. The Kier molecular flexibility index (Phi) is 5.19. The maximum absolute atomic E-state index is 12.8. The number of benzene rings is 1. The third-order valence-electron chi connectivity index (χ3n) is 2.38. The highest BCUT2D eigenvalue weighted by molar-refractivity contribution is 6.30. The number of aliphatic hydroxyl groups is 1. The molecule has 0 aromatic heterocycles. The molecule has 0 heterocycles. The van der Waals surface area contributed by atoms with Crippen LogP contribution < -0.4 is 5.32 Å². The van der Waals surface area contributed by atoms with Crippen LogP contribution in [0.15, 0.2) is 24.3 Å². The quantitative estimate of drug-likeness (QED) is 0.655. The van der Waals surface area contributed by atoms with Gasteiger partial charge in [-0.2, -0.15) is 13.2 Å². The molecule has 0 radical (unpaired) electrons. The first-order valence-electron chi connectivity index (χ1n) is 5.66.